The number of nitrogens with zero attached hydrogens (tertiary/aromatic N) is 2. The van der Waals surface area contributed by atoms with Crippen molar-refractivity contribution >= 4 is 28.8 Å². The van der Waals surface area contributed by atoms with E-state index in [4.69, 9.17) is 11.6 Å². The van der Waals surface area contributed by atoms with E-state index in [2.05, 4.69) is 10.3 Å². The van der Waals surface area contributed by atoms with Gasteiger partial charge >= 0.3 is 0 Å². The standard InChI is InChI=1S/C19H24ClN3OS/c1-21-9-6-14-7-10-23(11-8-14)18(24)12-15-13-25-19(22-15)16-4-2-3-5-17(16)20/h2-5,13-14,21H,6-12H2,1H3. The highest BCUT2D eigenvalue weighted by atomic mass is 35.5. The molecule has 0 saturated carbocycles. The van der Waals surface area contributed by atoms with Crippen LogP contribution < -0.4 is 5.32 Å². The summed E-state index contributed by atoms with van der Waals surface area (Å²) in [5.41, 5.74) is 1.76. The summed E-state index contributed by atoms with van der Waals surface area (Å²) in [6.07, 6.45) is 3.79. The van der Waals surface area contributed by atoms with Crippen molar-refractivity contribution < 1.29 is 4.79 Å². The highest BCUT2D eigenvalue weighted by molar-refractivity contribution is 7.13. The number of carbonyl (C=O) groups excluding carboxylic acids is 1. The fourth-order valence-electron chi connectivity index (χ4n) is 3.23. The Hall–Kier alpha value is -1.43. The molecule has 1 N–H and O–H groups in total. The molecule has 1 saturated heterocycles. The average molecular weight is 378 g/mol. The second-order valence-corrected chi connectivity index (χ2v) is 7.78. The molecule has 0 radical (unpaired) electrons. The van der Waals surface area contributed by atoms with Crippen LogP contribution in [0.15, 0.2) is 29.6 Å². The Labute approximate surface area is 158 Å². The van der Waals surface area contributed by atoms with Crippen LogP contribution in [-0.2, 0) is 11.2 Å². The number of aromatic nitrogens is 1. The number of hydrogen-bond acceptors (Lipinski definition) is 4. The van der Waals surface area contributed by atoms with Crippen LogP contribution in [0.3, 0.4) is 0 Å². The maximum Gasteiger partial charge on any atom is 0.228 e. The van der Waals surface area contributed by atoms with E-state index in [-0.39, 0.29) is 5.91 Å². The number of benzene rings is 1. The minimum absolute atomic E-state index is 0.183. The number of rotatable bonds is 6. The van der Waals surface area contributed by atoms with E-state index in [1.54, 1.807) is 11.3 Å². The molecule has 1 aliphatic rings. The van der Waals surface area contributed by atoms with Crippen LogP contribution in [-0.4, -0.2) is 42.5 Å². The first-order valence-corrected chi connectivity index (χ1v) is 10.0. The van der Waals surface area contributed by atoms with Gasteiger partial charge in [0.2, 0.25) is 5.91 Å². The van der Waals surface area contributed by atoms with Crippen LogP contribution in [0.1, 0.15) is 25.0 Å². The number of halogens is 1. The van der Waals surface area contributed by atoms with Crippen molar-refractivity contribution in [2.45, 2.75) is 25.7 Å². The van der Waals surface area contributed by atoms with Crippen LogP contribution in [0, 0.1) is 5.92 Å². The number of nitrogens with one attached hydrogen (secondary N) is 1. The van der Waals surface area contributed by atoms with Crippen LogP contribution in [0.4, 0.5) is 0 Å². The van der Waals surface area contributed by atoms with Gasteiger partial charge in [-0.1, -0.05) is 29.8 Å². The van der Waals surface area contributed by atoms with E-state index in [1.165, 1.54) is 6.42 Å². The third kappa shape index (κ3) is 4.81. The quantitative estimate of drug-likeness (QED) is 0.831. The van der Waals surface area contributed by atoms with E-state index in [0.29, 0.717) is 11.4 Å². The smallest absolute Gasteiger partial charge is 0.228 e. The van der Waals surface area contributed by atoms with Crippen molar-refractivity contribution in [2.24, 2.45) is 5.92 Å². The third-order valence-corrected chi connectivity index (χ3v) is 6.01. The molecule has 2 heterocycles. The molecule has 2 aromatic rings. The summed E-state index contributed by atoms with van der Waals surface area (Å²) in [5.74, 6) is 0.922. The molecule has 25 heavy (non-hydrogen) atoms. The monoisotopic (exact) mass is 377 g/mol. The minimum atomic E-state index is 0.183. The Morgan fingerprint density at radius 1 is 1.36 bits per heavy atom. The van der Waals surface area contributed by atoms with Crippen molar-refractivity contribution in [3.8, 4) is 10.6 Å². The normalized spacial score (nSPS) is 15.5. The van der Waals surface area contributed by atoms with Gasteiger partial charge in [-0.3, -0.25) is 4.79 Å². The lowest BCUT2D eigenvalue weighted by atomic mass is 9.93. The molecule has 1 aliphatic heterocycles. The summed E-state index contributed by atoms with van der Waals surface area (Å²) in [5, 5.41) is 6.74. The van der Waals surface area contributed by atoms with E-state index in [1.807, 2.05) is 41.6 Å². The third-order valence-electron chi connectivity index (χ3n) is 4.76. The predicted molar refractivity (Wildman–Crippen MR) is 104 cm³/mol. The molecule has 134 valence electrons. The predicted octanol–water partition coefficient (Wildman–Crippen LogP) is 3.85. The highest BCUT2D eigenvalue weighted by Gasteiger charge is 2.23. The van der Waals surface area contributed by atoms with E-state index in [9.17, 15) is 4.79 Å². The summed E-state index contributed by atoms with van der Waals surface area (Å²) in [6.45, 7) is 2.80. The highest BCUT2D eigenvalue weighted by Crippen LogP contribution is 2.30. The maximum absolute atomic E-state index is 12.6. The lowest BCUT2D eigenvalue weighted by Crippen LogP contribution is -2.39. The van der Waals surface area contributed by atoms with E-state index in [0.717, 1.165) is 54.7 Å². The Morgan fingerprint density at radius 3 is 2.84 bits per heavy atom. The summed E-state index contributed by atoms with van der Waals surface area (Å²) >= 11 is 7.77. The zero-order chi connectivity index (χ0) is 17.6. The van der Waals surface area contributed by atoms with Gasteiger partial charge in [-0.15, -0.1) is 11.3 Å². The number of thiazole rings is 1. The molecule has 0 unspecified atom stereocenters. The number of piperidine rings is 1. The van der Waals surface area contributed by atoms with Crippen molar-refractivity contribution in [3.05, 3.63) is 40.4 Å². The van der Waals surface area contributed by atoms with Gasteiger partial charge in [0, 0.05) is 24.0 Å². The average Bonchev–Trinajstić information content (AvgIpc) is 3.09. The van der Waals surface area contributed by atoms with Crippen LogP contribution in [0.25, 0.3) is 10.6 Å². The fourth-order valence-corrected chi connectivity index (χ4v) is 4.37. The number of hydrogen-bond donors (Lipinski definition) is 1. The number of amides is 1. The Kier molecular flexibility index (Phi) is 6.45. The molecule has 1 amide bonds. The van der Waals surface area contributed by atoms with E-state index < -0.39 is 0 Å². The summed E-state index contributed by atoms with van der Waals surface area (Å²) < 4.78 is 0. The first-order chi connectivity index (χ1) is 12.2. The largest absolute Gasteiger partial charge is 0.342 e. The molecule has 1 aromatic heterocycles. The second-order valence-electron chi connectivity index (χ2n) is 6.52. The molecule has 6 heteroatoms. The topological polar surface area (TPSA) is 45.2 Å². The lowest BCUT2D eigenvalue weighted by molar-refractivity contribution is -0.131. The van der Waals surface area contributed by atoms with Crippen LogP contribution >= 0.6 is 22.9 Å². The molecule has 0 atom stereocenters. The van der Waals surface area contributed by atoms with Crippen LogP contribution in [0.2, 0.25) is 5.02 Å². The SMILES string of the molecule is CNCCC1CCN(C(=O)Cc2csc(-c3ccccc3Cl)n2)CC1. The lowest BCUT2D eigenvalue weighted by Gasteiger charge is -2.32. The molecule has 0 bridgehead atoms. The van der Waals surface area contributed by atoms with Gasteiger partial charge < -0.3 is 10.2 Å². The molecule has 0 spiro atoms. The molecule has 1 fully saturated rings. The summed E-state index contributed by atoms with van der Waals surface area (Å²) in [7, 11) is 1.99. The van der Waals surface area contributed by atoms with Gasteiger partial charge in [-0.05, 0) is 44.8 Å². The maximum atomic E-state index is 12.6. The summed E-state index contributed by atoms with van der Waals surface area (Å²) in [4.78, 5) is 19.2. The van der Waals surface area contributed by atoms with Gasteiger partial charge in [0.25, 0.3) is 0 Å². The Morgan fingerprint density at radius 2 is 2.12 bits per heavy atom. The summed E-state index contributed by atoms with van der Waals surface area (Å²) in [6, 6.07) is 7.68. The van der Waals surface area contributed by atoms with Gasteiger partial charge in [-0.25, -0.2) is 4.98 Å². The zero-order valence-corrected chi connectivity index (χ0v) is 16.1. The van der Waals surface area contributed by atoms with Crippen molar-refractivity contribution in [1.29, 1.82) is 0 Å². The van der Waals surface area contributed by atoms with Gasteiger partial charge in [0.15, 0.2) is 0 Å². The number of carbonyl (C=O) groups is 1. The Balaban J connectivity index is 1.55. The Bertz CT molecular complexity index is 710. The zero-order valence-electron chi connectivity index (χ0n) is 14.5. The first-order valence-electron chi connectivity index (χ1n) is 8.79. The van der Waals surface area contributed by atoms with Crippen molar-refractivity contribution in [3.63, 3.8) is 0 Å². The van der Waals surface area contributed by atoms with Gasteiger partial charge in [0.05, 0.1) is 17.1 Å². The van der Waals surface area contributed by atoms with Gasteiger partial charge in [-0.2, -0.15) is 0 Å². The van der Waals surface area contributed by atoms with E-state index >= 15 is 0 Å². The first kappa shape index (κ1) is 18.4. The van der Waals surface area contributed by atoms with Crippen molar-refractivity contribution in [1.82, 2.24) is 15.2 Å². The second kappa shape index (κ2) is 8.79. The van der Waals surface area contributed by atoms with Gasteiger partial charge in [0.1, 0.15) is 5.01 Å². The molecule has 0 aliphatic carbocycles. The minimum Gasteiger partial charge on any atom is -0.342 e. The van der Waals surface area contributed by atoms with Crippen LogP contribution in [0.5, 0.6) is 0 Å². The number of likely N-dealkylation sites (tertiary alicyclic amines) is 1. The van der Waals surface area contributed by atoms with Crippen molar-refractivity contribution in [2.75, 3.05) is 26.7 Å². The fraction of sp³-hybridized carbons (Fsp3) is 0.474. The molecular weight excluding hydrogens is 354 g/mol. The molecule has 4 nitrogen and oxygen atoms in total. The molecule has 1 aromatic carbocycles. The molecule has 3 rings (SSSR count). The molecular formula is C19H24ClN3OS.